The fraction of sp³-hybridized carbons (Fsp3) is 0.909. The van der Waals surface area contributed by atoms with Crippen molar-refractivity contribution in [3.05, 3.63) is 0 Å². The summed E-state index contributed by atoms with van der Waals surface area (Å²) in [5.74, 6) is 2.03. The Morgan fingerprint density at radius 1 is 1.36 bits per heavy atom. The second-order valence-electron chi connectivity index (χ2n) is 4.66. The summed E-state index contributed by atoms with van der Waals surface area (Å²) in [6, 6.07) is 0.707. The van der Waals surface area contributed by atoms with Crippen LogP contribution in [-0.2, 0) is 4.79 Å². The zero-order valence-corrected chi connectivity index (χ0v) is 8.88. The van der Waals surface area contributed by atoms with Gasteiger partial charge in [-0.05, 0) is 31.1 Å². The van der Waals surface area contributed by atoms with Gasteiger partial charge in [0.2, 0.25) is 5.91 Å². The number of amides is 1. The van der Waals surface area contributed by atoms with Crippen molar-refractivity contribution in [2.45, 2.75) is 38.1 Å². The van der Waals surface area contributed by atoms with E-state index in [0.29, 0.717) is 12.5 Å². The van der Waals surface area contributed by atoms with Crippen LogP contribution < -0.4 is 10.6 Å². The Hall–Kier alpha value is -0.570. The van der Waals surface area contributed by atoms with Gasteiger partial charge in [-0.1, -0.05) is 6.42 Å². The zero-order valence-electron chi connectivity index (χ0n) is 8.88. The highest BCUT2D eigenvalue weighted by Crippen LogP contribution is 2.44. The first-order chi connectivity index (χ1) is 6.79. The summed E-state index contributed by atoms with van der Waals surface area (Å²) in [5.41, 5.74) is 0. The predicted octanol–water partition coefficient (Wildman–Crippen LogP) is 0.901. The molecule has 2 fully saturated rings. The molecule has 0 heterocycles. The highest BCUT2D eigenvalue weighted by molar-refractivity contribution is 5.75. The standard InChI is InChI=1S/C11H20N2O/c1-12-11(14)4-5-13-10-7-8-2-3-9(10)6-8/h8-10,13H,2-7H2,1H3,(H,12,14)/t8-,9+,10+/m0/s1. The Morgan fingerprint density at radius 2 is 2.21 bits per heavy atom. The molecule has 2 aliphatic rings. The van der Waals surface area contributed by atoms with Crippen molar-refractivity contribution in [2.75, 3.05) is 13.6 Å². The molecule has 0 aromatic rings. The van der Waals surface area contributed by atoms with Crippen molar-refractivity contribution in [3.63, 3.8) is 0 Å². The number of nitrogens with one attached hydrogen (secondary N) is 2. The molecular formula is C11H20N2O. The maximum atomic E-state index is 11.0. The third kappa shape index (κ3) is 2.08. The van der Waals surface area contributed by atoms with E-state index >= 15 is 0 Å². The van der Waals surface area contributed by atoms with Crippen molar-refractivity contribution in [1.82, 2.24) is 10.6 Å². The van der Waals surface area contributed by atoms with Crippen molar-refractivity contribution >= 4 is 5.91 Å². The van der Waals surface area contributed by atoms with Gasteiger partial charge in [0, 0.05) is 26.1 Å². The van der Waals surface area contributed by atoms with Crippen LogP contribution in [0.25, 0.3) is 0 Å². The molecule has 2 N–H and O–H groups in total. The smallest absolute Gasteiger partial charge is 0.221 e. The Labute approximate surface area is 85.6 Å². The molecule has 3 heteroatoms. The Kier molecular flexibility index (Phi) is 3.06. The third-order valence-electron chi connectivity index (χ3n) is 3.78. The number of fused-ring (bicyclic) bond motifs is 2. The third-order valence-corrected chi connectivity index (χ3v) is 3.78. The lowest BCUT2D eigenvalue weighted by Crippen LogP contribution is -2.36. The maximum Gasteiger partial charge on any atom is 0.221 e. The molecule has 1 amide bonds. The molecule has 3 atom stereocenters. The molecule has 3 nitrogen and oxygen atoms in total. The lowest BCUT2D eigenvalue weighted by atomic mass is 9.95. The molecule has 2 saturated carbocycles. The van der Waals surface area contributed by atoms with Gasteiger partial charge in [-0.2, -0.15) is 0 Å². The molecule has 0 aromatic carbocycles. The van der Waals surface area contributed by atoms with Gasteiger partial charge in [0.1, 0.15) is 0 Å². The van der Waals surface area contributed by atoms with Crippen LogP contribution in [0.15, 0.2) is 0 Å². The number of hydrogen-bond donors (Lipinski definition) is 2. The Bertz CT molecular complexity index is 217. The SMILES string of the molecule is CNC(=O)CCN[C@@H]1C[C@H]2CC[C@@H]1C2. The Morgan fingerprint density at radius 3 is 2.79 bits per heavy atom. The van der Waals surface area contributed by atoms with E-state index in [2.05, 4.69) is 10.6 Å². The highest BCUT2D eigenvalue weighted by Gasteiger charge is 2.38. The van der Waals surface area contributed by atoms with E-state index < -0.39 is 0 Å². The van der Waals surface area contributed by atoms with Gasteiger partial charge in [0.25, 0.3) is 0 Å². The lowest BCUT2D eigenvalue weighted by molar-refractivity contribution is -0.120. The van der Waals surface area contributed by atoms with Gasteiger partial charge in [0.15, 0.2) is 0 Å². The number of hydrogen-bond acceptors (Lipinski definition) is 2. The largest absolute Gasteiger partial charge is 0.359 e. The van der Waals surface area contributed by atoms with Gasteiger partial charge in [-0.25, -0.2) is 0 Å². The number of carbonyl (C=O) groups excluding carboxylic acids is 1. The van der Waals surface area contributed by atoms with Crippen LogP contribution >= 0.6 is 0 Å². The molecule has 80 valence electrons. The van der Waals surface area contributed by atoms with E-state index in [0.717, 1.165) is 18.4 Å². The van der Waals surface area contributed by atoms with Gasteiger partial charge in [-0.15, -0.1) is 0 Å². The van der Waals surface area contributed by atoms with Gasteiger partial charge in [0.05, 0.1) is 0 Å². The van der Waals surface area contributed by atoms with Crippen LogP contribution in [0.3, 0.4) is 0 Å². The van der Waals surface area contributed by atoms with Crippen LogP contribution in [0.1, 0.15) is 32.1 Å². The summed E-state index contributed by atoms with van der Waals surface area (Å²) in [6.07, 6.45) is 6.24. The topological polar surface area (TPSA) is 41.1 Å². The van der Waals surface area contributed by atoms with Crippen LogP contribution in [0.4, 0.5) is 0 Å². The minimum absolute atomic E-state index is 0.139. The fourth-order valence-corrected chi connectivity index (χ4v) is 2.99. The van der Waals surface area contributed by atoms with E-state index in [1.165, 1.54) is 25.7 Å². The molecule has 0 unspecified atom stereocenters. The highest BCUT2D eigenvalue weighted by atomic mass is 16.1. The minimum Gasteiger partial charge on any atom is -0.359 e. The van der Waals surface area contributed by atoms with E-state index in [9.17, 15) is 4.79 Å². The molecule has 0 saturated heterocycles. The molecule has 0 spiro atoms. The molecule has 2 rings (SSSR count). The Balaban J connectivity index is 1.64. The molecule has 0 aliphatic heterocycles. The van der Waals surface area contributed by atoms with E-state index in [4.69, 9.17) is 0 Å². The summed E-state index contributed by atoms with van der Waals surface area (Å²) in [5, 5.41) is 6.16. The maximum absolute atomic E-state index is 11.0. The summed E-state index contributed by atoms with van der Waals surface area (Å²) < 4.78 is 0. The van der Waals surface area contributed by atoms with Gasteiger partial charge in [-0.3, -0.25) is 4.79 Å². The second-order valence-corrected chi connectivity index (χ2v) is 4.66. The number of rotatable bonds is 4. The van der Waals surface area contributed by atoms with Crippen LogP contribution in [0.5, 0.6) is 0 Å². The van der Waals surface area contributed by atoms with Crippen molar-refractivity contribution in [3.8, 4) is 0 Å². The summed E-state index contributed by atoms with van der Waals surface area (Å²) in [7, 11) is 1.69. The van der Waals surface area contributed by atoms with E-state index in [1.807, 2.05) is 0 Å². The molecule has 2 aliphatic carbocycles. The monoisotopic (exact) mass is 196 g/mol. The first kappa shape index (κ1) is 9.97. The van der Waals surface area contributed by atoms with Gasteiger partial charge >= 0.3 is 0 Å². The quantitative estimate of drug-likeness (QED) is 0.701. The average Bonchev–Trinajstić information content (AvgIpc) is 2.79. The number of carbonyl (C=O) groups is 1. The molecule has 14 heavy (non-hydrogen) atoms. The summed E-state index contributed by atoms with van der Waals surface area (Å²) in [6.45, 7) is 0.841. The summed E-state index contributed by atoms with van der Waals surface area (Å²) >= 11 is 0. The second kappa shape index (κ2) is 4.30. The van der Waals surface area contributed by atoms with Crippen molar-refractivity contribution in [2.24, 2.45) is 11.8 Å². The van der Waals surface area contributed by atoms with E-state index in [-0.39, 0.29) is 5.91 Å². The molecule has 0 aromatic heterocycles. The first-order valence-corrected chi connectivity index (χ1v) is 5.73. The zero-order chi connectivity index (χ0) is 9.97. The predicted molar refractivity (Wildman–Crippen MR) is 55.9 cm³/mol. The molecular weight excluding hydrogens is 176 g/mol. The van der Waals surface area contributed by atoms with Crippen LogP contribution in [0, 0.1) is 11.8 Å². The van der Waals surface area contributed by atoms with Crippen molar-refractivity contribution in [1.29, 1.82) is 0 Å². The minimum atomic E-state index is 0.139. The van der Waals surface area contributed by atoms with E-state index in [1.54, 1.807) is 7.05 Å². The first-order valence-electron chi connectivity index (χ1n) is 5.73. The van der Waals surface area contributed by atoms with Crippen LogP contribution in [-0.4, -0.2) is 25.5 Å². The van der Waals surface area contributed by atoms with Gasteiger partial charge < -0.3 is 10.6 Å². The normalized spacial score (nSPS) is 34.8. The lowest BCUT2D eigenvalue weighted by Gasteiger charge is -2.22. The average molecular weight is 196 g/mol. The molecule has 0 radical (unpaired) electrons. The fourth-order valence-electron chi connectivity index (χ4n) is 2.99. The molecule has 2 bridgehead atoms. The van der Waals surface area contributed by atoms with Crippen molar-refractivity contribution < 1.29 is 4.79 Å². The summed E-state index contributed by atoms with van der Waals surface area (Å²) in [4.78, 5) is 11.0. The van der Waals surface area contributed by atoms with Crippen LogP contribution in [0.2, 0.25) is 0 Å².